The Morgan fingerprint density at radius 1 is 1.25 bits per heavy atom. The van der Waals surface area contributed by atoms with E-state index in [1.165, 1.54) is 34.9 Å². The van der Waals surface area contributed by atoms with Crippen LogP contribution in [0, 0.1) is 11.6 Å². The van der Waals surface area contributed by atoms with Crippen molar-refractivity contribution >= 4 is 17.6 Å². The van der Waals surface area contributed by atoms with E-state index in [1.807, 2.05) is 0 Å². The molecule has 32 heavy (non-hydrogen) atoms. The lowest BCUT2D eigenvalue weighted by atomic mass is 10.2. The van der Waals surface area contributed by atoms with Crippen molar-refractivity contribution < 1.29 is 36.6 Å². The van der Waals surface area contributed by atoms with Crippen LogP contribution in [0.3, 0.4) is 0 Å². The number of benzene rings is 1. The number of imidazole rings is 1. The molecule has 2 heterocycles. The van der Waals surface area contributed by atoms with Gasteiger partial charge in [-0.05, 0) is 30.3 Å². The Morgan fingerprint density at radius 3 is 2.53 bits per heavy atom. The van der Waals surface area contributed by atoms with E-state index in [-0.39, 0.29) is 28.3 Å². The number of amides is 1. The Morgan fingerprint density at radius 2 is 1.94 bits per heavy atom. The van der Waals surface area contributed by atoms with Gasteiger partial charge in [0.25, 0.3) is 5.91 Å². The van der Waals surface area contributed by atoms with Crippen molar-refractivity contribution in [1.29, 1.82) is 0 Å². The van der Waals surface area contributed by atoms with Gasteiger partial charge in [0.15, 0.2) is 11.4 Å². The van der Waals surface area contributed by atoms with Gasteiger partial charge >= 0.3 is 6.18 Å². The second-order valence-electron chi connectivity index (χ2n) is 6.78. The molecule has 0 saturated carbocycles. The van der Waals surface area contributed by atoms with Gasteiger partial charge < -0.3 is 15.2 Å². The lowest BCUT2D eigenvalue weighted by molar-refractivity contribution is -0.141. The Hall–Kier alpha value is -3.47. The lowest BCUT2D eigenvalue weighted by Gasteiger charge is -2.18. The maximum absolute atomic E-state index is 13.9. The summed E-state index contributed by atoms with van der Waals surface area (Å²) in [5, 5.41) is 11.3. The molecule has 3 aromatic rings. The molecule has 0 fully saturated rings. The number of hydrogen-bond donors (Lipinski definition) is 2. The first-order valence-electron chi connectivity index (χ1n) is 9.32. The fourth-order valence-corrected chi connectivity index (χ4v) is 3.06. The molecule has 6 nitrogen and oxygen atoms in total. The second kappa shape index (κ2) is 9.35. The summed E-state index contributed by atoms with van der Waals surface area (Å²) in [4.78, 5) is 16.9. The highest BCUT2D eigenvalue weighted by Gasteiger charge is 2.33. The molecule has 0 radical (unpaired) electrons. The average molecular weight is 455 g/mol. The van der Waals surface area contributed by atoms with E-state index in [2.05, 4.69) is 16.9 Å². The van der Waals surface area contributed by atoms with Crippen LogP contribution in [0.15, 0.2) is 43.1 Å². The third-order valence-electron chi connectivity index (χ3n) is 4.52. The van der Waals surface area contributed by atoms with E-state index in [9.17, 15) is 31.9 Å². The van der Waals surface area contributed by atoms with Gasteiger partial charge in [-0.25, -0.2) is 13.8 Å². The first-order chi connectivity index (χ1) is 15.1. The summed E-state index contributed by atoms with van der Waals surface area (Å²) in [6, 6.07) is 4.72. The summed E-state index contributed by atoms with van der Waals surface area (Å²) in [5.41, 5.74) is -0.320. The summed E-state index contributed by atoms with van der Waals surface area (Å²) in [6.07, 6.45) is -3.37. The van der Waals surface area contributed by atoms with E-state index < -0.39 is 49.4 Å². The van der Waals surface area contributed by atoms with Crippen molar-refractivity contribution in [1.82, 2.24) is 14.7 Å². The number of carbonyl (C=O) groups excluding carboxylic acids is 1. The van der Waals surface area contributed by atoms with Crippen molar-refractivity contribution in [2.45, 2.75) is 25.2 Å². The maximum Gasteiger partial charge on any atom is 0.391 e. The zero-order valence-corrected chi connectivity index (χ0v) is 16.5. The minimum Gasteiger partial charge on any atom is -0.485 e. The smallest absolute Gasteiger partial charge is 0.391 e. The Bertz CT molecular complexity index is 1120. The van der Waals surface area contributed by atoms with Crippen LogP contribution >= 0.6 is 0 Å². The molecule has 1 atom stereocenters. The van der Waals surface area contributed by atoms with E-state index in [1.54, 1.807) is 0 Å². The van der Waals surface area contributed by atoms with Gasteiger partial charge in [-0.3, -0.25) is 9.20 Å². The summed E-state index contributed by atoms with van der Waals surface area (Å²) in [7, 11) is 0. The van der Waals surface area contributed by atoms with Gasteiger partial charge in [-0.1, -0.05) is 12.6 Å². The molecule has 170 valence electrons. The molecule has 0 aliphatic rings. The fourth-order valence-electron chi connectivity index (χ4n) is 3.06. The third-order valence-corrected chi connectivity index (χ3v) is 4.52. The molecule has 0 aliphatic carbocycles. The van der Waals surface area contributed by atoms with E-state index in [0.29, 0.717) is 0 Å². The summed E-state index contributed by atoms with van der Waals surface area (Å²) >= 11 is 0. The molecule has 1 unspecified atom stereocenters. The fraction of sp³-hybridized carbons (Fsp3) is 0.238. The number of aliphatic hydroxyl groups excluding tert-OH is 1. The van der Waals surface area contributed by atoms with E-state index >= 15 is 0 Å². The van der Waals surface area contributed by atoms with Crippen molar-refractivity contribution in [2.75, 3.05) is 6.61 Å². The van der Waals surface area contributed by atoms with Crippen LogP contribution < -0.4 is 10.1 Å². The first-order valence-corrected chi connectivity index (χ1v) is 9.32. The second-order valence-corrected chi connectivity index (χ2v) is 6.78. The van der Waals surface area contributed by atoms with Crippen molar-refractivity contribution in [2.24, 2.45) is 0 Å². The Kier molecular flexibility index (Phi) is 6.78. The molecule has 0 saturated heterocycles. The van der Waals surface area contributed by atoms with Crippen LogP contribution in [0.1, 0.15) is 28.2 Å². The molecule has 11 heteroatoms. The highest BCUT2D eigenvalue weighted by molar-refractivity contribution is 5.97. The number of fused-ring (bicyclic) bond motifs is 1. The molecule has 0 bridgehead atoms. The number of rotatable bonds is 8. The van der Waals surface area contributed by atoms with Crippen LogP contribution in [0.25, 0.3) is 11.7 Å². The predicted molar refractivity (Wildman–Crippen MR) is 105 cm³/mol. The summed E-state index contributed by atoms with van der Waals surface area (Å²) < 4.78 is 72.4. The van der Waals surface area contributed by atoms with Crippen LogP contribution in [0.4, 0.5) is 22.0 Å². The van der Waals surface area contributed by atoms with Gasteiger partial charge in [-0.2, -0.15) is 13.2 Å². The number of ether oxygens (including phenoxy) is 1. The average Bonchev–Trinajstić information content (AvgIpc) is 3.11. The van der Waals surface area contributed by atoms with Gasteiger partial charge in [0.05, 0.1) is 30.3 Å². The molecule has 2 N–H and O–H groups in total. The third kappa shape index (κ3) is 5.05. The Balaban J connectivity index is 1.92. The number of nitrogens with one attached hydrogen (secondary N) is 1. The number of carbonyl (C=O) groups is 1. The first kappa shape index (κ1) is 23.2. The zero-order valence-electron chi connectivity index (χ0n) is 16.5. The summed E-state index contributed by atoms with van der Waals surface area (Å²) in [6.45, 7) is 2.16. The molecule has 1 aromatic carbocycles. The highest BCUT2D eigenvalue weighted by atomic mass is 19.4. The lowest BCUT2D eigenvalue weighted by Crippen LogP contribution is -2.41. The molecule has 2 aromatic heterocycles. The van der Waals surface area contributed by atoms with Crippen LogP contribution in [0.2, 0.25) is 0 Å². The van der Waals surface area contributed by atoms with Crippen molar-refractivity contribution in [3.05, 3.63) is 71.7 Å². The maximum atomic E-state index is 13.9. The normalized spacial score (nSPS) is 12.6. The molecule has 3 rings (SSSR count). The molecule has 1 amide bonds. The molecular weight excluding hydrogens is 437 g/mol. The predicted octanol–water partition coefficient (Wildman–Crippen LogP) is 3.88. The number of halogens is 5. The van der Waals surface area contributed by atoms with Gasteiger partial charge in [0, 0.05) is 6.20 Å². The standard InChI is InChI=1S/C21H18F5N3O3/c1-2-16-18(20(31)27-12(10-30)9-21(24,25)26)29-8-4-7-17(19(29)28-16)32-11-13-14(22)5-3-6-15(13)23/h2-8,12,30H,1,9-11H2,(H,27,31). The number of nitrogens with zero attached hydrogens (tertiary/aromatic N) is 2. The van der Waals surface area contributed by atoms with Crippen molar-refractivity contribution in [3.63, 3.8) is 0 Å². The van der Waals surface area contributed by atoms with Crippen LogP contribution in [0.5, 0.6) is 5.75 Å². The highest BCUT2D eigenvalue weighted by Crippen LogP contribution is 2.26. The number of pyridine rings is 1. The van der Waals surface area contributed by atoms with Gasteiger partial charge in [-0.15, -0.1) is 0 Å². The monoisotopic (exact) mass is 455 g/mol. The van der Waals surface area contributed by atoms with Gasteiger partial charge in [0.2, 0.25) is 0 Å². The minimum atomic E-state index is -4.59. The molecular formula is C21H18F5N3O3. The SMILES string of the molecule is C=Cc1nc2c(OCc3c(F)cccc3F)cccn2c1C(=O)NC(CO)CC(F)(F)F. The number of aromatic nitrogens is 2. The molecule has 0 spiro atoms. The number of alkyl halides is 3. The topological polar surface area (TPSA) is 75.9 Å². The largest absolute Gasteiger partial charge is 0.485 e. The molecule has 0 aliphatic heterocycles. The van der Waals surface area contributed by atoms with E-state index in [4.69, 9.17) is 4.74 Å². The number of hydrogen-bond acceptors (Lipinski definition) is 4. The van der Waals surface area contributed by atoms with Crippen LogP contribution in [-0.2, 0) is 6.61 Å². The van der Waals surface area contributed by atoms with E-state index in [0.717, 1.165) is 12.1 Å². The Labute approximate surface area is 179 Å². The summed E-state index contributed by atoms with van der Waals surface area (Å²) in [5.74, 6) is -2.45. The minimum absolute atomic E-state index is 0.0410. The quantitative estimate of drug-likeness (QED) is 0.506. The zero-order chi connectivity index (χ0) is 23.5. The van der Waals surface area contributed by atoms with Gasteiger partial charge in [0.1, 0.15) is 23.9 Å². The van der Waals surface area contributed by atoms with Crippen LogP contribution in [-0.4, -0.2) is 39.2 Å². The van der Waals surface area contributed by atoms with Crippen molar-refractivity contribution in [3.8, 4) is 5.75 Å². The number of aliphatic hydroxyl groups is 1.